The third-order valence-corrected chi connectivity index (χ3v) is 4.59. The minimum atomic E-state index is 0.486. The van der Waals surface area contributed by atoms with Crippen LogP contribution < -0.4 is 0 Å². The van der Waals surface area contributed by atoms with E-state index in [1.54, 1.807) is 12.1 Å². The van der Waals surface area contributed by atoms with Crippen LogP contribution in [-0.4, -0.2) is 19.6 Å². The minimum Gasteiger partial charge on any atom is -0.411 e. The number of pyridine rings is 1. The second-order valence-electron chi connectivity index (χ2n) is 5.37. The van der Waals surface area contributed by atoms with E-state index >= 15 is 0 Å². The number of hydrogen-bond donors (Lipinski definition) is 0. The lowest BCUT2D eigenvalue weighted by atomic mass is 10.2. The molecule has 0 bridgehead atoms. The third-order valence-electron chi connectivity index (χ3n) is 3.49. The summed E-state index contributed by atoms with van der Waals surface area (Å²) in [6.45, 7) is 2.06. The Morgan fingerprint density at radius 2 is 1.92 bits per heavy atom. The summed E-state index contributed by atoms with van der Waals surface area (Å²) < 4.78 is 7.71. The lowest BCUT2D eigenvalue weighted by Gasteiger charge is -1.94. The van der Waals surface area contributed by atoms with E-state index in [4.69, 9.17) is 16.0 Å². The second kappa shape index (κ2) is 6.30. The Morgan fingerprint density at radius 1 is 1.08 bits per heavy atom. The van der Waals surface area contributed by atoms with Crippen molar-refractivity contribution in [3.05, 3.63) is 65.1 Å². The van der Waals surface area contributed by atoms with Gasteiger partial charge in [0.1, 0.15) is 5.65 Å². The van der Waals surface area contributed by atoms with Crippen molar-refractivity contribution in [1.82, 2.24) is 19.6 Å². The molecule has 0 aliphatic carbocycles. The van der Waals surface area contributed by atoms with Crippen molar-refractivity contribution in [2.45, 2.75) is 17.9 Å². The van der Waals surface area contributed by atoms with Crippen LogP contribution in [0.3, 0.4) is 0 Å². The van der Waals surface area contributed by atoms with Gasteiger partial charge in [0.25, 0.3) is 5.22 Å². The Labute approximate surface area is 147 Å². The molecule has 0 saturated heterocycles. The van der Waals surface area contributed by atoms with Gasteiger partial charge in [-0.05, 0) is 42.8 Å². The summed E-state index contributed by atoms with van der Waals surface area (Å²) in [5, 5.41) is 9.35. The molecule has 24 heavy (non-hydrogen) atoms. The number of fused-ring (bicyclic) bond motifs is 1. The molecule has 0 aliphatic heterocycles. The van der Waals surface area contributed by atoms with Gasteiger partial charge in [-0.25, -0.2) is 4.98 Å². The maximum Gasteiger partial charge on any atom is 0.277 e. The number of halogens is 1. The highest BCUT2D eigenvalue weighted by Crippen LogP contribution is 2.26. The van der Waals surface area contributed by atoms with Gasteiger partial charge < -0.3 is 8.82 Å². The summed E-state index contributed by atoms with van der Waals surface area (Å²) in [6, 6.07) is 11.4. The molecule has 0 amide bonds. The molecule has 0 unspecified atom stereocenters. The van der Waals surface area contributed by atoms with Crippen molar-refractivity contribution in [2.24, 2.45) is 0 Å². The number of imidazole rings is 1. The summed E-state index contributed by atoms with van der Waals surface area (Å²) in [6.07, 6.45) is 4.08. The number of thioether (sulfide) groups is 1. The van der Waals surface area contributed by atoms with Crippen molar-refractivity contribution in [1.29, 1.82) is 0 Å². The molecule has 4 aromatic rings. The first kappa shape index (κ1) is 15.2. The van der Waals surface area contributed by atoms with Crippen LogP contribution in [0.5, 0.6) is 0 Å². The fraction of sp³-hybridized carbons (Fsp3) is 0.118. The largest absolute Gasteiger partial charge is 0.411 e. The summed E-state index contributed by atoms with van der Waals surface area (Å²) >= 11 is 7.35. The van der Waals surface area contributed by atoms with E-state index in [-0.39, 0.29) is 0 Å². The molecule has 3 heterocycles. The number of hydrogen-bond acceptors (Lipinski definition) is 5. The summed E-state index contributed by atoms with van der Waals surface area (Å²) in [5.74, 6) is 1.16. The molecule has 5 nitrogen and oxygen atoms in total. The first-order valence-corrected chi connectivity index (χ1v) is 8.70. The van der Waals surface area contributed by atoms with Gasteiger partial charge in [0.05, 0.1) is 5.69 Å². The minimum absolute atomic E-state index is 0.486. The van der Waals surface area contributed by atoms with Crippen molar-refractivity contribution >= 4 is 29.0 Å². The lowest BCUT2D eigenvalue weighted by Crippen LogP contribution is -1.82. The molecule has 7 heteroatoms. The van der Waals surface area contributed by atoms with Crippen LogP contribution in [0.1, 0.15) is 11.3 Å². The summed E-state index contributed by atoms with van der Waals surface area (Å²) in [5.41, 5.74) is 3.95. The standard InChI is InChI=1S/C17H13ClN4OS/c1-11-2-7-15-19-14(9-22(15)8-11)10-24-17-21-20-16(23-17)12-3-5-13(18)6-4-12/h2-9H,10H2,1H3. The zero-order valence-electron chi connectivity index (χ0n) is 12.8. The normalized spacial score (nSPS) is 11.2. The zero-order chi connectivity index (χ0) is 16.5. The smallest absolute Gasteiger partial charge is 0.277 e. The average molecular weight is 357 g/mol. The number of benzene rings is 1. The molecule has 0 radical (unpaired) electrons. The molecular weight excluding hydrogens is 344 g/mol. The molecule has 120 valence electrons. The topological polar surface area (TPSA) is 56.2 Å². The van der Waals surface area contributed by atoms with Gasteiger partial charge in [0.15, 0.2) is 0 Å². The lowest BCUT2D eigenvalue weighted by molar-refractivity contribution is 0.466. The van der Waals surface area contributed by atoms with E-state index in [0.29, 0.717) is 21.9 Å². The molecule has 0 N–H and O–H groups in total. The molecular formula is C17H13ClN4OS. The third kappa shape index (κ3) is 3.16. The highest BCUT2D eigenvalue weighted by molar-refractivity contribution is 7.98. The van der Waals surface area contributed by atoms with Crippen LogP contribution in [0.4, 0.5) is 0 Å². The molecule has 0 spiro atoms. The van der Waals surface area contributed by atoms with Gasteiger partial charge in [-0.15, -0.1) is 10.2 Å². The van der Waals surface area contributed by atoms with E-state index in [2.05, 4.69) is 34.4 Å². The van der Waals surface area contributed by atoms with Gasteiger partial charge in [-0.1, -0.05) is 29.4 Å². The van der Waals surface area contributed by atoms with Crippen LogP contribution in [0, 0.1) is 6.92 Å². The Balaban J connectivity index is 1.48. The molecule has 3 aromatic heterocycles. The highest BCUT2D eigenvalue weighted by atomic mass is 35.5. The number of nitrogens with zero attached hydrogens (tertiary/aromatic N) is 4. The Morgan fingerprint density at radius 3 is 2.75 bits per heavy atom. The molecule has 4 rings (SSSR count). The van der Waals surface area contributed by atoms with E-state index in [1.165, 1.54) is 17.3 Å². The predicted octanol–water partition coefficient (Wildman–Crippen LogP) is 4.64. The van der Waals surface area contributed by atoms with E-state index in [1.807, 2.05) is 28.8 Å². The first-order chi connectivity index (χ1) is 11.7. The van der Waals surface area contributed by atoms with Crippen LogP contribution >= 0.6 is 23.4 Å². The molecule has 0 saturated carbocycles. The maximum absolute atomic E-state index is 5.89. The number of aryl methyl sites for hydroxylation is 1. The number of aromatic nitrogens is 4. The average Bonchev–Trinajstić information content (AvgIpc) is 3.19. The van der Waals surface area contributed by atoms with Crippen LogP contribution in [-0.2, 0) is 5.75 Å². The van der Waals surface area contributed by atoms with Crippen molar-refractivity contribution in [3.8, 4) is 11.5 Å². The van der Waals surface area contributed by atoms with E-state index < -0.39 is 0 Å². The molecule has 0 aliphatic rings. The monoisotopic (exact) mass is 356 g/mol. The Hall–Kier alpha value is -2.31. The van der Waals surface area contributed by atoms with Crippen LogP contribution in [0.2, 0.25) is 5.02 Å². The molecule has 0 fully saturated rings. The number of rotatable bonds is 4. The molecule has 1 aromatic carbocycles. The zero-order valence-corrected chi connectivity index (χ0v) is 14.4. The van der Waals surface area contributed by atoms with Gasteiger partial charge in [0.2, 0.25) is 5.89 Å². The Kier molecular flexibility index (Phi) is 4.00. The first-order valence-electron chi connectivity index (χ1n) is 7.34. The van der Waals surface area contributed by atoms with Gasteiger partial charge in [0, 0.05) is 28.7 Å². The summed E-state index contributed by atoms with van der Waals surface area (Å²) in [4.78, 5) is 4.58. The highest BCUT2D eigenvalue weighted by Gasteiger charge is 2.10. The van der Waals surface area contributed by atoms with Gasteiger partial charge in [-0.2, -0.15) is 0 Å². The summed E-state index contributed by atoms with van der Waals surface area (Å²) in [7, 11) is 0. The maximum atomic E-state index is 5.89. The SMILES string of the molecule is Cc1ccc2nc(CSc3nnc(-c4ccc(Cl)cc4)o3)cn2c1. The van der Waals surface area contributed by atoms with Crippen LogP contribution in [0.25, 0.3) is 17.1 Å². The quantitative estimate of drug-likeness (QED) is 0.498. The second-order valence-corrected chi connectivity index (χ2v) is 6.74. The van der Waals surface area contributed by atoms with E-state index in [9.17, 15) is 0 Å². The predicted molar refractivity (Wildman–Crippen MR) is 94.2 cm³/mol. The van der Waals surface area contributed by atoms with Crippen molar-refractivity contribution < 1.29 is 4.42 Å². The molecule has 0 atom stereocenters. The Bertz CT molecular complexity index is 993. The van der Waals surface area contributed by atoms with E-state index in [0.717, 1.165) is 16.9 Å². The van der Waals surface area contributed by atoms with Crippen molar-refractivity contribution in [3.63, 3.8) is 0 Å². The van der Waals surface area contributed by atoms with Crippen LogP contribution in [0.15, 0.2) is 58.4 Å². The van der Waals surface area contributed by atoms with Gasteiger partial charge in [-0.3, -0.25) is 0 Å². The fourth-order valence-corrected chi connectivity index (χ4v) is 3.11. The fourth-order valence-electron chi connectivity index (χ4n) is 2.34. The van der Waals surface area contributed by atoms with Crippen molar-refractivity contribution in [2.75, 3.05) is 0 Å². The van der Waals surface area contributed by atoms with Gasteiger partial charge >= 0.3 is 0 Å².